The van der Waals surface area contributed by atoms with E-state index in [9.17, 15) is 14.7 Å². The van der Waals surface area contributed by atoms with E-state index in [-0.39, 0.29) is 29.6 Å². The van der Waals surface area contributed by atoms with Crippen molar-refractivity contribution in [2.45, 2.75) is 72.1 Å². The number of esters is 1. The third-order valence-electron chi connectivity index (χ3n) is 6.76. The summed E-state index contributed by atoms with van der Waals surface area (Å²) in [6, 6.07) is 7.70. The maximum Gasteiger partial charge on any atom is 0.316 e. The highest BCUT2D eigenvalue weighted by atomic mass is 16.5. The Balaban J connectivity index is 1.94. The molecule has 0 bridgehead atoms. The molecule has 0 unspecified atom stereocenters. The Hall–Kier alpha value is -1.84. The lowest BCUT2D eigenvalue weighted by molar-refractivity contribution is -0.143. The lowest BCUT2D eigenvalue weighted by Crippen LogP contribution is -2.38. The molecule has 0 aliphatic heterocycles. The van der Waals surface area contributed by atoms with Gasteiger partial charge < -0.3 is 9.84 Å². The quantitative estimate of drug-likeness (QED) is 0.567. The van der Waals surface area contributed by atoms with Gasteiger partial charge in [-0.1, -0.05) is 31.5 Å². The minimum absolute atomic E-state index is 0.0956. The number of carbonyl (C=O) groups is 2. The standard InChI is InChI=1S/C23H32O4/c1-22(2,3)21(26)27-19-10-6-5-8-16(19)15-11-13-23(4)12-7-9-18(23)17(15)14-20(24)25/h5-6,8,10,15,17-18H,7,9,11-14H2,1-4H3,(H,24,25)/t15-,17-,18+,23+/m1/s1. The van der Waals surface area contributed by atoms with Crippen LogP contribution in [0.1, 0.15) is 77.7 Å². The van der Waals surface area contributed by atoms with Crippen LogP contribution in [0.15, 0.2) is 24.3 Å². The van der Waals surface area contributed by atoms with Crippen LogP contribution in [-0.4, -0.2) is 17.0 Å². The summed E-state index contributed by atoms with van der Waals surface area (Å²) in [5.74, 6) is 0.259. The fourth-order valence-electron chi connectivity index (χ4n) is 5.29. The second-order valence-electron chi connectivity index (χ2n) is 9.74. The number of carbonyl (C=O) groups excluding carboxylic acids is 1. The summed E-state index contributed by atoms with van der Waals surface area (Å²) >= 11 is 0. The maximum absolute atomic E-state index is 12.4. The van der Waals surface area contributed by atoms with Crippen molar-refractivity contribution < 1.29 is 19.4 Å². The predicted molar refractivity (Wildman–Crippen MR) is 105 cm³/mol. The van der Waals surface area contributed by atoms with E-state index in [2.05, 4.69) is 6.92 Å². The Labute approximate surface area is 162 Å². The van der Waals surface area contributed by atoms with Gasteiger partial charge in [-0.2, -0.15) is 0 Å². The molecular weight excluding hydrogens is 340 g/mol. The number of rotatable bonds is 4. The van der Waals surface area contributed by atoms with E-state index in [1.807, 2.05) is 45.0 Å². The molecule has 0 heterocycles. The Morgan fingerprint density at radius 2 is 1.89 bits per heavy atom. The number of carboxylic acids is 1. The van der Waals surface area contributed by atoms with E-state index >= 15 is 0 Å². The summed E-state index contributed by atoms with van der Waals surface area (Å²) in [6.45, 7) is 7.86. The van der Waals surface area contributed by atoms with Crippen LogP contribution in [0.2, 0.25) is 0 Å². The van der Waals surface area contributed by atoms with Crippen molar-refractivity contribution in [3.63, 3.8) is 0 Å². The lowest BCUT2D eigenvalue weighted by atomic mass is 9.58. The summed E-state index contributed by atoms with van der Waals surface area (Å²) < 4.78 is 5.77. The normalized spacial score (nSPS) is 30.6. The molecule has 0 spiro atoms. The van der Waals surface area contributed by atoms with Crippen LogP contribution < -0.4 is 4.74 Å². The van der Waals surface area contributed by atoms with Gasteiger partial charge in [0.2, 0.25) is 0 Å². The second-order valence-corrected chi connectivity index (χ2v) is 9.74. The van der Waals surface area contributed by atoms with Gasteiger partial charge in [-0.3, -0.25) is 9.59 Å². The largest absolute Gasteiger partial charge is 0.481 e. The van der Waals surface area contributed by atoms with Crippen molar-refractivity contribution >= 4 is 11.9 Å². The molecule has 1 N–H and O–H groups in total. The molecule has 2 fully saturated rings. The number of aliphatic carboxylic acids is 1. The molecule has 2 aliphatic rings. The molecule has 0 amide bonds. The average molecular weight is 373 g/mol. The third kappa shape index (κ3) is 4.04. The van der Waals surface area contributed by atoms with E-state index in [1.54, 1.807) is 0 Å². The van der Waals surface area contributed by atoms with Crippen LogP contribution in [-0.2, 0) is 9.59 Å². The number of ether oxygens (including phenoxy) is 1. The van der Waals surface area contributed by atoms with E-state index in [4.69, 9.17) is 4.74 Å². The van der Waals surface area contributed by atoms with Gasteiger partial charge in [0.1, 0.15) is 5.75 Å². The first-order valence-corrected chi connectivity index (χ1v) is 10.1. The number of carboxylic acid groups (broad SMARTS) is 1. The smallest absolute Gasteiger partial charge is 0.316 e. The molecule has 3 rings (SSSR count). The second kappa shape index (κ2) is 7.29. The van der Waals surface area contributed by atoms with Gasteiger partial charge in [0.15, 0.2) is 0 Å². The zero-order valence-electron chi connectivity index (χ0n) is 17.0. The van der Waals surface area contributed by atoms with Crippen molar-refractivity contribution in [3.8, 4) is 5.75 Å². The first-order valence-electron chi connectivity index (χ1n) is 10.1. The van der Waals surface area contributed by atoms with Crippen molar-refractivity contribution in [2.24, 2.45) is 22.7 Å². The molecule has 2 saturated carbocycles. The first kappa shape index (κ1) is 19.9. The van der Waals surface area contributed by atoms with Crippen LogP contribution in [0, 0.1) is 22.7 Å². The molecule has 0 aromatic heterocycles. The molecule has 2 aliphatic carbocycles. The van der Waals surface area contributed by atoms with E-state index in [0.717, 1.165) is 24.8 Å². The van der Waals surface area contributed by atoms with E-state index in [1.165, 1.54) is 12.8 Å². The van der Waals surface area contributed by atoms with Crippen LogP contribution in [0.25, 0.3) is 0 Å². The van der Waals surface area contributed by atoms with Crippen molar-refractivity contribution in [2.75, 3.05) is 0 Å². The molecule has 0 radical (unpaired) electrons. The Morgan fingerprint density at radius 3 is 2.56 bits per heavy atom. The Morgan fingerprint density at radius 1 is 1.19 bits per heavy atom. The minimum atomic E-state index is -0.731. The van der Waals surface area contributed by atoms with Gasteiger partial charge in [-0.15, -0.1) is 0 Å². The zero-order chi connectivity index (χ0) is 19.8. The lowest BCUT2D eigenvalue weighted by Gasteiger charge is -2.46. The summed E-state index contributed by atoms with van der Waals surface area (Å²) in [7, 11) is 0. The van der Waals surface area contributed by atoms with E-state index in [0.29, 0.717) is 11.7 Å². The van der Waals surface area contributed by atoms with Gasteiger partial charge in [-0.05, 0) is 81.3 Å². The zero-order valence-corrected chi connectivity index (χ0v) is 17.0. The molecule has 1 aromatic rings. The van der Waals surface area contributed by atoms with Crippen LogP contribution in [0.5, 0.6) is 5.75 Å². The topological polar surface area (TPSA) is 63.6 Å². The molecule has 4 atom stereocenters. The molecule has 27 heavy (non-hydrogen) atoms. The summed E-state index contributed by atoms with van der Waals surface area (Å²) in [4.78, 5) is 24.1. The molecule has 1 aromatic carbocycles. The number of hydrogen-bond donors (Lipinski definition) is 1. The van der Waals surface area contributed by atoms with Crippen molar-refractivity contribution in [1.29, 1.82) is 0 Å². The van der Waals surface area contributed by atoms with Crippen LogP contribution >= 0.6 is 0 Å². The van der Waals surface area contributed by atoms with Crippen LogP contribution in [0.3, 0.4) is 0 Å². The third-order valence-corrected chi connectivity index (χ3v) is 6.76. The highest BCUT2D eigenvalue weighted by molar-refractivity contribution is 5.78. The van der Waals surface area contributed by atoms with Gasteiger partial charge in [0.25, 0.3) is 0 Å². The summed E-state index contributed by atoms with van der Waals surface area (Å²) in [5, 5.41) is 9.57. The highest BCUT2D eigenvalue weighted by Gasteiger charge is 2.50. The fourth-order valence-corrected chi connectivity index (χ4v) is 5.29. The molecule has 4 nitrogen and oxygen atoms in total. The monoisotopic (exact) mass is 372 g/mol. The summed E-state index contributed by atoms with van der Waals surface area (Å²) in [5.41, 5.74) is 0.674. The Kier molecular flexibility index (Phi) is 5.38. The van der Waals surface area contributed by atoms with Crippen LogP contribution in [0.4, 0.5) is 0 Å². The van der Waals surface area contributed by atoms with Gasteiger partial charge in [0.05, 0.1) is 5.41 Å². The highest BCUT2D eigenvalue weighted by Crippen LogP contribution is 2.59. The molecule has 0 saturated heterocycles. The predicted octanol–water partition coefficient (Wildman–Crippen LogP) is 5.41. The fraction of sp³-hybridized carbons (Fsp3) is 0.652. The maximum atomic E-state index is 12.4. The van der Waals surface area contributed by atoms with E-state index < -0.39 is 11.4 Å². The number of fused-ring (bicyclic) bond motifs is 1. The van der Waals surface area contributed by atoms with Gasteiger partial charge in [-0.25, -0.2) is 0 Å². The molecule has 4 heteroatoms. The van der Waals surface area contributed by atoms with Crippen molar-refractivity contribution in [1.82, 2.24) is 0 Å². The number of hydrogen-bond acceptors (Lipinski definition) is 3. The first-order chi connectivity index (χ1) is 12.6. The molecular formula is C23H32O4. The van der Waals surface area contributed by atoms with Gasteiger partial charge in [0, 0.05) is 6.42 Å². The van der Waals surface area contributed by atoms with Crippen molar-refractivity contribution in [3.05, 3.63) is 29.8 Å². The Bertz CT molecular complexity index is 717. The molecule has 148 valence electrons. The number of para-hydroxylation sites is 1. The summed E-state index contributed by atoms with van der Waals surface area (Å²) in [6.07, 6.45) is 5.74. The van der Waals surface area contributed by atoms with Gasteiger partial charge >= 0.3 is 11.9 Å². The SMILES string of the molecule is CC(C)(C)C(=O)Oc1ccccc1[C@H]1CC[C@]2(C)CCC[C@H]2[C@@H]1CC(=O)O. The minimum Gasteiger partial charge on any atom is -0.481 e. The average Bonchev–Trinajstić information content (AvgIpc) is 2.97. The number of benzene rings is 1.